The largest absolute Gasteiger partial charge is 0.360 e. The topological polar surface area (TPSA) is 65.2 Å². The maximum atomic E-state index is 12.6. The fourth-order valence-corrected chi connectivity index (χ4v) is 2.70. The third-order valence-corrected chi connectivity index (χ3v) is 3.89. The van der Waals surface area contributed by atoms with E-state index in [9.17, 15) is 9.59 Å². The fourth-order valence-electron chi connectivity index (χ4n) is 2.51. The van der Waals surface area contributed by atoms with Gasteiger partial charge in [-0.15, -0.1) is 0 Å². The number of aromatic nitrogens is 1. The number of anilines is 1. The second-order valence-corrected chi connectivity index (χ2v) is 5.90. The van der Waals surface area contributed by atoms with Crippen molar-refractivity contribution in [1.82, 2.24) is 9.88 Å². The van der Waals surface area contributed by atoms with Crippen LogP contribution in [0, 0.1) is 0 Å². The van der Waals surface area contributed by atoms with Gasteiger partial charge >= 0.3 is 0 Å². The molecule has 3 rings (SSSR count). The van der Waals surface area contributed by atoms with E-state index in [4.69, 9.17) is 11.6 Å². The Morgan fingerprint density at radius 1 is 1.17 bits per heavy atom. The van der Waals surface area contributed by atoms with Gasteiger partial charge in [-0.25, -0.2) is 0 Å². The number of para-hydroxylation sites is 1. The number of benzene rings is 2. The lowest BCUT2D eigenvalue weighted by atomic mass is 10.1. The van der Waals surface area contributed by atoms with Gasteiger partial charge in [0.15, 0.2) is 0 Å². The van der Waals surface area contributed by atoms with E-state index in [0.29, 0.717) is 16.3 Å². The summed E-state index contributed by atoms with van der Waals surface area (Å²) in [5, 5.41) is 4.10. The van der Waals surface area contributed by atoms with Crippen LogP contribution in [0.5, 0.6) is 0 Å². The molecular weight excluding hydrogens is 326 g/mol. The van der Waals surface area contributed by atoms with Gasteiger partial charge < -0.3 is 15.2 Å². The molecule has 3 aromatic rings. The lowest BCUT2D eigenvalue weighted by molar-refractivity contribution is -0.116. The molecule has 1 aromatic heterocycles. The molecule has 5 nitrogen and oxygen atoms in total. The molecular formula is C18H16ClN3O2. The third-order valence-electron chi connectivity index (χ3n) is 3.66. The molecule has 0 bridgehead atoms. The minimum Gasteiger partial charge on any atom is -0.360 e. The van der Waals surface area contributed by atoms with Gasteiger partial charge in [0.1, 0.15) is 0 Å². The van der Waals surface area contributed by atoms with Crippen LogP contribution in [0.1, 0.15) is 10.4 Å². The van der Waals surface area contributed by atoms with E-state index in [1.165, 1.54) is 4.90 Å². The first-order valence-corrected chi connectivity index (χ1v) is 7.79. The van der Waals surface area contributed by atoms with E-state index in [0.717, 1.165) is 10.9 Å². The zero-order chi connectivity index (χ0) is 17.1. The Kier molecular flexibility index (Phi) is 4.53. The number of nitrogens with one attached hydrogen (secondary N) is 2. The second kappa shape index (κ2) is 6.76. The number of carbonyl (C=O) groups is 2. The van der Waals surface area contributed by atoms with Crippen LogP contribution in [0.2, 0.25) is 5.02 Å². The summed E-state index contributed by atoms with van der Waals surface area (Å²) in [5.74, 6) is -0.498. The molecule has 0 fully saturated rings. The highest BCUT2D eigenvalue weighted by atomic mass is 35.5. The van der Waals surface area contributed by atoms with Crippen molar-refractivity contribution < 1.29 is 9.59 Å². The van der Waals surface area contributed by atoms with Crippen molar-refractivity contribution in [2.75, 3.05) is 18.9 Å². The van der Waals surface area contributed by atoms with Crippen molar-refractivity contribution in [2.45, 2.75) is 0 Å². The molecule has 0 saturated carbocycles. The Balaban J connectivity index is 1.69. The molecule has 2 amide bonds. The van der Waals surface area contributed by atoms with Crippen LogP contribution >= 0.6 is 11.6 Å². The van der Waals surface area contributed by atoms with Gasteiger partial charge in [0.2, 0.25) is 5.91 Å². The first-order valence-electron chi connectivity index (χ1n) is 7.41. The van der Waals surface area contributed by atoms with E-state index < -0.39 is 0 Å². The summed E-state index contributed by atoms with van der Waals surface area (Å²) in [4.78, 5) is 29.1. The van der Waals surface area contributed by atoms with E-state index in [-0.39, 0.29) is 18.4 Å². The molecule has 1 heterocycles. The minimum atomic E-state index is -0.284. The van der Waals surface area contributed by atoms with Gasteiger partial charge in [-0.1, -0.05) is 35.9 Å². The zero-order valence-electron chi connectivity index (χ0n) is 13.0. The van der Waals surface area contributed by atoms with Gasteiger partial charge in [0.05, 0.1) is 12.1 Å². The highest BCUT2D eigenvalue weighted by Crippen LogP contribution is 2.19. The summed E-state index contributed by atoms with van der Waals surface area (Å²) in [6.07, 6.45) is 1.67. The molecule has 0 aliphatic heterocycles. The summed E-state index contributed by atoms with van der Waals surface area (Å²) in [7, 11) is 1.60. The number of hydrogen-bond donors (Lipinski definition) is 2. The standard InChI is InChI=1S/C18H16ClN3O2/c1-22(11-17(23)21-13-6-4-5-12(19)9-13)18(24)15-10-20-16-8-3-2-7-14(15)16/h2-10,20H,11H2,1H3,(H,21,23). The highest BCUT2D eigenvalue weighted by molar-refractivity contribution is 6.30. The highest BCUT2D eigenvalue weighted by Gasteiger charge is 2.18. The zero-order valence-corrected chi connectivity index (χ0v) is 13.8. The first kappa shape index (κ1) is 16.1. The maximum Gasteiger partial charge on any atom is 0.256 e. The summed E-state index contributed by atoms with van der Waals surface area (Å²) in [6.45, 7) is -0.0507. The fraction of sp³-hybridized carbons (Fsp3) is 0.111. The van der Waals surface area contributed by atoms with Crippen LogP contribution in [0.15, 0.2) is 54.7 Å². The first-order chi connectivity index (χ1) is 11.5. The Hall–Kier alpha value is -2.79. The summed E-state index contributed by atoms with van der Waals surface area (Å²) < 4.78 is 0. The molecule has 24 heavy (non-hydrogen) atoms. The number of hydrogen-bond acceptors (Lipinski definition) is 2. The van der Waals surface area contributed by atoms with Gasteiger partial charge in [-0.3, -0.25) is 9.59 Å². The number of aromatic amines is 1. The summed E-state index contributed by atoms with van der Waals surface area (Å²) in [6, 6.07) is 14.4. The molecule has 122 valence electrons. The van der Waals surface area contributed by atoms with Crippen LogP contribution in [0.4, 0.5) is 5.69 Å². The summed E-state index contributed by atoms with van der Waals surface area (Å²) in [5.41, 5.74) is 2.03. The lowest BCUT2D eigenvalue weighted by Gasteiger charge is -2.16. The average Bonchev–Trinajstić information content (AvgIpc) is 2.98. The molecule has 0 atom stereocenters. The number of halogens is 1. The van der Waals surface area contributed by atoms with E-state index >= 15 is 0 Å². The Bertz CT molecular complexity index is 904. The van der Waals surface area contributed by atoms with Crippen molar-refractivity contribution in [3.8, 4) is 0 Å². The maximum absolute atomic E-state index is 12.6. The van der Waals surface area contributed by atoms with Gasteiger partial charge in [-0.05, 0) is 24.3 Å². The third kappa shape index (κ3) is 3.41. The Labute approximate surface area is 144 Å². The Morgan fingerprint density at radius 2 is 1.96 bits per heavy atom. The van der Waals surface area contributed by atoms with Crippen molar-refractivity contribution in [3.05, 3.63) is 65.3 Å². The molecule has 0 radical (unpaired) electrons. The number of carbonyl (C=O) groups excluding carboxylic acids is 2. The number of rotatable bonds is 4. The predicted molar refractivity (Wildman–Crippen MR) is 95.3 cm³/mol. The number of nitrogens with zero attached hydrogens (tertiary/aromatic N) is 1. The van der Waals surface area contributed by atoms with Crippen LogP contribution in [0.25, 0.3) is 10.9 Å². The van der Waals surface area contributed by atoms with E-state index in [2.05, 4.69) is 10.3 Å². The smallest absolute Gasteiger partial charge is 0.256 e. The predicted octanol–water partition coefficient (Wildman–Crippen LogP) is 3.53. The van der Waals surface area contributed by atoms with Crippen LogP contribution < -0.4 is 5.32 Å². The molecule has 0 aliphatic rings. The SMILES string of the molecule is CN(CC(=O)Nc1cccc(Cl)c1)C(=O)c1c[nH]c2ccccc12. The number of H-pyrrole nitrogens is 1. The Morgan fingerprint density at radius 3 is 2.75 bits per heavy atom. The monoisotopic (exact) mass is 341 g/mol. The molecule has 0 unspecified atom stereocenters. The normalized spacial score (nSPS) is 10.6. The second-order valence-electron chi connectivity index (χ2n) is 5.47. The molecule has 6 heteroatoms. The molecule has 2 N–H and O–H groups in total. The van der Waals surface area contributed by atoms with Crippen molar-refractivity contribution >= 4 is 40.0 Å². The van der Waals surface area contributed by atoms with Crippen LogP contribution in [-0.4, -0.2) is 35.3 Å². The van der Waals surface area contributed by atoms with Crippen LogP contribution in [0.3, 0.4) is 0 Å². The molecule has 2 aromatic carbocycles. The molecule has 0 aliphatic carbocycles. The molecule has 0 saturated heterocycles. The van der Waals surface area contributed by atoms with E-state index in [1.54, 1.807) is 37.5 Å². The van der Waals surface area contributed by atoms with Crippen molar-refractivity contribution in [2.24, 2.45) is 0 Å². The minimum absolute atomic E-state index is 0.0507. The average molecular weight is 342 g/mol. The number of likely N-dealkylation sites (N-methyl/N-ethyl adjacent to an activating group) is 1. The quantitative estimate of drug-likeness (QED) is 0.762. The lowest BCUT2D eigenvalue weighted by Crippen LogP contribution is -2.34. The van der Waals surface area contributed by atoms with Gasteiger partial charge in [-0.2, -0.15) is 0 Å². The van der Waals surface area contributed by atoms with Crippen molar-refractivity contribution in [1.29, 1.82) is 0 Å². The van der Waals surface area contributed by atoms with E-state index in [1.807, 2.05) is 24.3 Å². The van der Waals surface area contributed by atoms with Crippen LogP contribution in [-0.2, 0) is 4.79 Å². The van der Waals surface area contributed by atoms with Crippen molar-refractivity contribution in [3.63, 3.8) is 0 Å². The molecule has 0 spiro atoms. The van der Waals surface area contributed by atoms with Gasteiger partial charge in [0, 0.05) is 34.9 Å². The number of fused-ring (bicyclic) bond motifs is 1. The number of amides is 2. The summed E-state index contributed by atoms with van der Waals surface area (Å²) >= 11 is 5.89. The van der Waals surface area contributed by atoms with Gasteiger partial charge in [0.25, 0.3) is 5.91 Å².